The van der Waals surface area contributed by atoms with Gasteiger partial charge in [0.15, 0.2) is 0 Å². The Morgan fingerprint density at radius 1 is 1.29 bits per heavy atom. The summed E-state index contributed by atoms with van der Waals surface area (Å²) < 4.78 is 0. The van der Waals surface area contributed by atoms with Crippen molar-refractivity contribution in [3.8, 4) is 0 Å². The van der Waals surface area contributed by atoms with E-state index in [-0.39, 0.29) is 5.41 Å². The maximum Gasteiger partial charge on any atom is 0.252 e. The number of aromatic nitrogens is 1. The Morgan fingerprint density at radius 3 is 2.57 bits per heavy atom. The molecular weight excluding hydrogens is 266 g/mol. The fourth-order valence-corrected chi connectivity index (χ4v) is 3.85. The number of carbonyl (C=O) groups excluding carboxylic acids is 1. The zero-order valence-corrected chi connectivity index (χ0v) is 12.2. The van der Waals surface area contributed by atoms with Crippen molar-refractivity contribution in [1.29, 1.82) is 0 Å². The number of hydrogen-bond acceptors (Lipinski definition) is 5. The Morgan fingerprint density at radius 2 is 2.00 bits per heavy atom. The first kappa shape index (κ1) is 14.1. The Kier molecular flexibility index (Phi) is 3.49. The number of primary amides is 1. The molecule has 1 aliphatic heterocycles. The van der Waals surface area contributed by atoms with Crippen molar-refractivity contribution < 1.29 is 4.79 Å². The number of piperidine rings is 1. The maximum atomic E-state index is 11.6. The van der Waals surface area contributed by atoms with E-state index in [2.05, 4.69) is 9.88 Å². The van der Waals surface area contributed by atoms with Gasteiger partial charge in [-0.15, -0.1) is 0 Å². The lowest BCUT2D eigenvalue weighted by molar-refractivity contribution is 0.1000. The number of nitrogen functional groups attached to an aromatic ring is 1. The quantitative estimate of drug-likeness (QED) is 0.747. The van der Waals surface area contributed by atoms with Crippen LogP contribution in [0.2, 0.25) is 0 Å². The van der Waals surface area contributed by atoms with E-state index in [1.807, 2.05) is 0 Å². The molecular formula is C15H23N5O. The second-order valence-corrected chi connectivity index (χ2v) is 6.32. The number of amides is 1. The minimum absolute atomic E-state index is 0.281. The first-order valence-corrected chi connectivity index (χ1v) is 7.59. The van der Waals surface area contributed by atoms with E-state index in [0.29, 0.717) is 23.2 Å². The molecule has 6 N–H and O–H groups in total. The van der Waals surface area contributed by atoms with Crippen LogP contribution in [0.1, 0.15) is 42.5 Å². The number of anilines is 2. The van der Waals surface area contributed by atoms with Crippen LogP contribution < -0.4 is 22.1 Å². The van der Waals surface area contributed by atoms with Crippen LogP contribution >= 0.6 is 0 Å². The van der Waals surface area contributed by atoms with Crippen LogP contribution in [0.5, 0.6) is 0 Å². The fourth-order valence-electron chi connectivity index (χ4n) is 3.85. The number of nitrogens with zero attached hydrogens (tertiary/aromatic N) is 2. The minimum Gasteiger partial charge on any atom is -0.384 e. The Hall–Kier alpha value is -1.82. The summed E-state index contributed by atoms with van der Waals surface area (Å²) in [6.07, 6.45) is 5.66. The molecule has 6 heteroatoms. The van der Waals surface area contributed by atoms with Gasteiger partial charge in [0, 0.05) is 19.1 Å². The molecule has 2 heterocycles. The lowest BCUT2D eigenvalue weighted by atomic mass is 9.74. The highest BCUT2D eigenvalue weighted by Crippen LogP contribution is 2.46. The van der Waals surface area contributed by atoms with E-state index in [4.69, 9.17) is 17.2 Å². The first-order valence-electron chi connectivity index (χ1n) is 7.59. The highest BCUT2D eigenvalue weighted by Gasteiger charge is 2.43. The first-order chi connectivity index (χ1) is 10.0. The summed E-state index contributed by atoms with van der Waals surface area (Å²) in [7, 11) is 0. The summed E-state index contributed by atoms with van der Waals surface area (Å²) in [4.78, 5) is 18.0. The van der Waals surface area contributed by atoms with Crippen LogP contribution in [0.15, 0.2) is 12.1 Å². The van der Waals surface area contributed by atoms with E-state index < -0.39 is 5.91 Å². The molecule has 1 saturated carbocycles. The van der Waals surface area contributed by atoms with Crippen LogP contribution in [0.25, 0.3) is 0 Å². The molecule has 1 spiro atoms. The van der Waals surface area contributed by atoms with Crippen molar-refractivity contribution >= 4 is 17.5 Å². The van der Waals surface area contributed by atoms with E-state index in [9.17, 15) is 4.79 Å². The fraction of sp³-hybridized carbons (Fsp3) is 0.600. The van der Waals surface area contributed by atoms with Gasteiger partial charge in [0.25, 0.3) is 5.91 Å². The van der Waals surface area contributed by atoms with Gasteiger partial charge >= 0.3 is 0 Å². The molecule has 1 amide bonds. The summed E-state index contributed by atoms with van der Waals surface area (Å²) in [6, 6.07) is 3.58. The molecule has 6 nitrogen and oxygen atoms in total. The molecule has 1 aromatic heterocycles. The molecule has 0 radical (unpaired) electrons. The van der Waals surface area contributed by atoms with Gasteiger partial charge in [-0.25, -0.2) is 4.98 Å². The van der Waals surface area contributed by atoms with Gasteiger partial charge in [-0.1, -0.05) is 6.42 Å². The molecule has 2 fully saturated rings. The Balaban J connectivity index is 1.81. The van der Waals surface area contributed by atoms with Gasteiger partial charge in [0.2, 0.25) is 0 Å². The monoisotopic (exact) mass is 289 g/mol. The van der Waals surface area contributed by atoms with Crippen LogP contribution in [-0.2, 0) is 0 Å². The van der Waals surface area contributed by atoms with Crippen molar-refractivity contribution in [2.24, 2.45) is 16.9 Å². The van der Waals surface area contributed by atoms with Crippen molar-refractivity contribution in [2.75, 3.05) is 23.7 Å². The number of rotatable bonds is 2. The van der Waals surface area contributed by atoms with E-state index in [1.54, 1.807) is 12.1 Å². The van der Waals surface area contributed by atoms with Crippen molar-refractivity contribution in [1.82, 2.24) is 4.98 Å². The lowest BCUT2D eigenvalue weighted by Gasteiger charge is -2.42. The summed E-state index contributed by atoms with van der Waals surface area (Å²) >= 11 is 0. The average Bonchev–Trinajstić information content (AvgIpc) is 2.80. The molecule has 0 bridgehead atoms. The zero-order chi connectivity index (χ0) is 15.0. The van der Waals surface area contributed by atoms with E-state index in [1.165, 1.54) is 12.8 Å². The summed E-state index contributed by atoms with van der Waals surface area (Å²) in [5.74, 6) is 0.562. The highest BCUT2D eigenvalue weighted by molar-refractivity contribution is 5.98. The van der Waals surface area contributed by atoms with E-state index >= 15 is 0 Å². The predicted molar refractivity (Wildman–Crippen MR) is 82.9 cm³/mol. The second-order valence-electron chi connectivity index (χ2n) is 6.32. The van der Waals surface area contributed by atoms with Crippen LogP contribution in [0.3, 0.4) is 0 Å². The molecule has 0 aromatic carbocycles. The van der Waals surface area contributed by atoms with Gasteiger partial charge < -0.3 is 22.1 Å². The Bertz CT molecular complexity index is 551. The lowest BCUT2D eigenvalue weighted by Crippen LogP contribution is -2.47. The topological polar surface area (TPSA) is 111 Å². The SMILES string of the molecule is NC(=O)c1ccc(N)nc1N1CCC2(CCCC2N)CC1. The largest absolute Gasteiger partial charge is 0.384 e. The molecule has 3 rings (SSSR count). The van der Waals surface area contributed by atoms with E-state index in [0.717, 1.165) is 32.4 Å². The van der Waals surface area contributed by atoms with Crippen molar-refractivity contribution in [3.63, 3.8) is 0 Å². The van der Waals surface area contributed by atoms with Gasteiger partial charge in [-0.2, -0.15) is 0 Å². The average molecular weight is 289 g/mol. The minimum atomic E-state index is -0.463. The summed E-state index contributed by atoms with van der Waals surface area (Å²) in [5, 5.41) is 0. The predicted octanol–water partition coefficient (Wildman–Crippen LogP) is 0.860. The van der Waals surface area contributed by atoms with Gasteiger partial charge in [0.05, 0.1) is 5.56 Å². The maximum absolute atomic E-state index is 11.6. The standard InChI is InChI=1S/C15H23N5O/c16-11-2-1-5-15(11)6-8-20(9-7-15)14-10(13(18)21)3-4-12(17)19-14/h3-4,11H,1-2,5-9,16H2,(H2,17,19)(H2,18,21). The van der Waals surface area contributed by atoms with Crippen molar-refractivity contribution in [3.05, 3.63) is 17.7 Å². The number of hydrogen-bond donors (Lipinski definition) is 3. The van der Waals surface area contributed by atoms with Crippen LogP contribution in [0.4, 0.5) is 11.6 Å². The summed E-state index contributed by atoms with van der Waals surface area (Å²) in [5.41, 5.74) is 18.2. The third kappa shape index (κ3) is 2.44. The smallest absolute Gasteiger partial charge is 0.252 e. The van der Waals surface area contributed by atoms with Gasteiger partial charge in [-0.3, -0.25) is 4.79 Å². The third-order valence-electron chi connectivity index (χ3n) is 5.20. The Labute approximate surface area is 124 Å². The van der Waals surface area contributed by atoms with Gasteiger partial charge in [-0.05, 0) is 43.2 Å². The number of nitrogens with two attached hydrogens (primary N) is 3. The highest BCUT2D eigenvalue weighted by atomic mass is 16.1. The third-order valence-corrected chi connectivity index (χ3v) is 5.20. The number of pyridine rings is 1. The normalized spacial score (nSPS) is 24.4. The molecule has 1 saturated heterocycles. The van der Waals surface area contributed by atoms with Gasteiger partial charge in [0.1, 0.15) is 11.6 Å². The van der Waals surface area contributed by atoms with Crippen LogP contribution in [0, 0.1) is 5.41 Å². The molecule has 1 aliphatic carbocycles. The van der Waals surface area contributed by atoms with Crippen molar-refractivity contribution in [2.45, 2.75) is 38.1 Å². The zero-order valence-electron chi connectivity index (χ0n) is 12.2. The molecule has 1 atom stereocenters. The molecule has 21 heavy (non-hydrogen) atoms. The molecule has 1 unspecified atom stereocenters. The molecule has 2 aliphatic rings. The molecule has 1 aromatic rings. The van der Waals surface area contributed by atoms with Crippen LogP contribution in [-0.4, -0.2) is 30.0 Å². The second kappa shape index (κ2) is 5.18. The number of carbonyl (C=O) groups is 1. The summed E-state index contributed by atoms with van der Waals surface area (Å²) in [6.45, 7) is 1.70. The molecule has 114 valence electrons.